The van der Waals surface area contributed by atoms with Gasteiger partial charge in [0.2, 0.25) is 5.91 Å². The average molecular weight is 303 g/mol. The minimum absolute atomic E-state index is 0.0140. The van der Waals surface area contributed by atoms with Crippen molar-refractivity contribution in [3.05, 3.63) is 16.0 Å². The Hall–Kier alpha value is -1.38. The van der Waals surface area contributed by atoms with Crippen LogP contribution < -0.4 is 5.32 Å². The molecule has 1 N–H and O–H groups in total. The quantitative estimate of drug-likeness (QED) is 0.934. The third-order valence-electron chi connectivity index (χ3n) is 4.57. The monoisotopic (exact) mass is 303 g/mol. The zero-order chi connectivity index (χ0) is 14.8. The fraction of sp³-hybridized carbons (Fsp3) is 0.625. The van der Waals surface area contributed by atoms with E-state index in [1.165, 1.54) is 29.7 Å². The van der Waals surface area contributed by atoms with Crippen LogP contribution in [0.4, 0.5) is 5.00 Å². The van der Waals surface area contributed by atoms with Crippen LogP contribution in [0.2, 0.25) is 0 Å². The first-order valence-electron chi connectivity index (χ1n) is 7.77. The highest BCUT2D eigenvalue weighted by Gasteiger charge is 2.25. The predicted molar refractivity (Wildman–Crippen MR) is 84.6 cm³/mol. The number of fused-ring (bicyclic) bond motifs is 1. The van der Waals surface area contributed by atoms with Crippen LogP contribution in [0.3, 0.4) is 0 Å². The van der Waals surface area contributed by atoms with Crippen LogP contribution >= 0.6 is 11.3 Å². The molecule has 0 spiro atoms. The number of aryl methyl sites for hydroxylation is 1. The lowest BCUT2D eigenvalue weighted by Gasteiger charge is -2.32. The van der Waals surface area contributed by atoms with Gasteiger partial charge in [-0.2, -0.15) is 5.26 Å². The van der Waals surface area contributed by atoms with Crippen molar-refractivity contribution in [2.24, 2.45) is 0 Å². The van der Waals surface area contributed by atoms with Gasteiger partial charge >= 0.3 is 0 Å². The van der Waals surface area contributed by atoms with Gasteiger partial charge in [0.05, 0.1) is 12.1 Å². The van der Waals surface area contributed by atoms with Crippen molar-refractivity contribution in [2.75, 3.05) is 18.4 Å². The zero-order valence-corrected chi connectivity index (χ0v) is 13.3. The molecule has 0 bridgehead atoms. The van der Waals surface area contributed by atoms with Crippen molar-refractivity contribution in [1.29, 1.82) is 5.26 Å². The number of amides is 1. The van der Waals surface area contributed by atoms with Crippen LogP contribution in [0.5, 0.6) is 0 Å². The number of anilines is 1. The highest BCUT2D eigenvalue weighted by atomic mass is 32.1. The van der Waals surface area contributed by atoms with E-state index in [1.54, 1.807) is 11.3 Å². The van der Waals surface area contributed by atoms with Crippen molar-refractivity contribution in [3.8, 4) is 6.07 Å². The second kappa shape index (κ2) is 6.17. The number of piperidine rings is 1. The molecule has 0 radical (unpaired) electrons. The Morgan fingerprint density at radius 1 is 1.43 bits per heavy atom. The van der Waals surface area contributed by atoms with Crippen LogP contribution in [0, 0.1) is 11.3 Å². The summed E-state index contributed by atoms with van der Waals surface area (Å²) < 4.78 is 0. The van der Waals surface area contributed by atoms with Crippen LogP contribution in [0.25, 0.3) is 0 Å². The molecule has 0 unspecified atom stereocenters. The zero-order valence-electron chi connectivity index (χ0n) is 12.4. The molecule has 112 valence electrons. The van der Waals surface area contributed by atoms with Crippen molar-refractivity contribution < 1.29 is 4.79 Å². The highest BCUT2D eigenvalue weighted by molar-refractivity contribution is 7.16. The van der Waals surface area contributed by atoms with Crippen LogP contribution in [0.15, 0.2) is 0 Å². The van der Waals surface area contributed by atoms with Gasteiger partial charge in [0.15, 0.2) is 0 Å². The summed E-state index contributed by atoms with van der Waals surface area (Å²) in [4.78, 5) is 15.8. The largest absolute Gasteiger partial charge is 0.315 e. The molecule has 2 heterocycles. The van der Waals surface area contributed by atoms with E-state index in [9.17, 15) is 10.1 Å². The molecule has 0 aromatic carbocycles. The summed E-state index contributed by atoms with van der Waals surface area (Å²) in [5.74, 6) is 0.0140. The molecule has 3 rings (SSSR count). The molecule has 1 amide bonds. The number of nitrogens with zero attached hydrogens (tertiary/aromatic N) is 2. The maximum absolute atomic E-state index is 12.3. The van der Waals surface area contributed by atoms with Crippen LogP contribution in [-0.4, -0.2) is 29.9 Å². The first-order chi connectivity index (χ1) is 10.2. The molecular weight excluding hydrogens is 282 g/mol. The molecule has 1 aromatic heterocycles. The predicted octanol–water partition coefficient (Wildman–Crippen LogP) is 2.92. The smallest absolute Gasteiger partial charge is 0.239 e. The summed E-state index contributed by atoms with van der Waals surface area (Å²) in [5, 5.41) is 13.1. The summed E-state index contributed by atoms with van der Waals surface area (Å²) in [6.45, 7) is 3.63. The number of carbonyl (C=O) groups excluding carboxylic acids is 1. The maximum atomic E-state index is 12.3. The molecule has 1 aliphatic carbocycles. The van der Waals surface area contributed by atoms with Gasteiger partial charge in [-0.1, -0.05) is 6.42 Å². The maximum Gasteiger partial charge on any atom is 0.239 e. The summed E-state index contributed by atoms with van der Waals surface area (Å²) in [7, 11) is 0. The number of rotatable bonds is 3. The second-order valence-electron chi connectivity index (χ2n) is 6.04. The Bertz CT molecular complexity index is 587. The van der Waals surface area contributed by atoms with E-state index in [1.807, 2.05) is 0 Å². The van der Waals surface area contributed by atoms with Crippen molar-refractivity contribution in [3.63, 3.8) is 0 Å². The summed E-state index contributed by atoms with van der Waals surface area (Å²) in [6.07, 6.45) is 6.77. The molecule has 1 saturated heterocycles. The molecule has 1 fully saturated rings. The van der Waals surface area contributed by atoms with Gasteiger partial charge in [-0.15, -0.1) is 11.3 Å². The molecule has 4 nitrogen and oxygen atoms in total. The van der Waals surface area contributed by atoms with Crippen molar-refractivity contribution in [1.82, 2.24) is 4.90 Å². The summed E-state index contributed by atoms with van der Waals surface area (Å²) in [5.41, 5.74) is 1.87. The van der Waals surface area contributed by atoms with Gasteiger partial charge in [0.1, 0.15) is 11.1 Å². The van der Waals surface area contributed by atoms with E-state index in [2.05, 4.69) is 23.2 Å². The summed E-state index contributed by atoms with van der Waals surface area (Å²) >= 11 is 1.59. The minimum atomic E-state index is 0.0140. The van der Waals surface area contributed by atoms with E-state index >= 15 is 0 Å². The third-order valence-corrected chi connectivity index (χ3v) is 5.78. The first kappa shape index (κ1) is 14.6. The fourth-order valence-corrected chi connectivity index (χ4v) is 4.61. The standard InChI is InChI=1S/C16H21N3OS/c1-11-5-2-3-8-19(11)10-15(20)18-16-13(9-17)12-6-4-7-14(12)21-16/h11H,2-8,10H2,1H3,(H,18,20)/t11-/m0/s1. The average Bonchev–Trinajstić information content (AvgIpc) is 3.01. The van der Waals surface area contributed by atoms with E-state index < -0.39 is 0 Å². The summed E-state index contributed by atoms with van der Waals surface area (Å²) in [6, 6.07) is 2.76. The Labute approximate surface area is 129 Å². The number of hydrogen-bond donors (Lipinski definition) is 1. The fourth-order valence-electron chi connectivity index (χ4n) is 3.35. The number of nitriles is 1. The Morgan fingerprint density at radius 2 is 2.29 bits per heavy atom. The van der Waals surface area contributed by atoms with Gasteiger partial charge in [-0.05, 0) is 51.1 Å². The number of hydrogen-bond acceptors (Lipinski definition) is 4. The van der Waals surface area contributed by atoms with E-state index in [-0.39, 0.29) is 5.91 Å². The first-order valence-corrected chi connectivity index (χ1v) is 8.59. The van der Waals surface area contributed by atoms with Crippen LogP contribution in [-0.2, 0) is 17.6 Å². The molecule has 5 heteroatoms. The SMILES string of the molecule is C[C@H]1CCCCN1CC(=O)Nc1sc2c(c1C#N)CCC2. The number of carbonyl (C=O) groups is 1. The topological polar surface area (TPSA) is 56.1 Å². The molecule has 21 heavy (non-hydrogen) atoms. The molecular formula is C16H21N3OS. The van der Waals surface area contributed by atoms with Crippen molar-refractivity contribution in [2.45, 2.75) is 51.5 Å². The Kier molecular flexibility index (Phi) is 4.27. The number of thiophene rings is 1. The lowest BCUT2D eigenvalue weighted by atomic mass is 10.0. The number of nitrogens with one attached hydrogen (secondary N) is 1. The highest BCUT2D eigenvalue weighted by Crippen LogP contribution is 2.38. The Balaban J connectivity index is 1.67. The van der Waals surface area contributed by atoms with Crippen molar-refractivity contribution >= 4 is 22.2 Å². The lowest BCUT2D eigenvalue weighted by molar-refractivity contribution is -0.118. The van der Waals surface area contributed by atoms with E-state index in [0.717, 1.165) is 30.8 Å². The van der Waals surface area contributed by atoms with Gasteiger partial charge in [-0.3, -0.25) is 9.69 Å². The van der Waals surface area contributed by atoms with Gasteiger partial charge in [-0.25, -0.2) is 0 Å². The molecule has 2 aliphatic rings. The number of likely N-dealkylation sites (tertiary alicyclic amines) is 1. The van der Waals surface area contributed by atoms with Gasteiger partial charge in [0.25, 0.3) is 0 Å². The van der Waals surface area contributed by atoms with Gasteiger partial charge < -0.3 is 5.32 Å². The molecule has 1 aliphatic heterocycles. The Morgan fingerprint density at radius 3 is 3.05 bits per heavy atom. The lowest BCUT2D eigenvalue weighted by Crippen LogP contribution is -2.42. The second-order valence-corrected chi connectivity index (χ2v) is 7.14. The van der Waals surface area contributed by atoms with E-state index in [0.29, 0.717) is 18.2 Å². The molecule has 1 aromatic rings. The third kappa shape index (κ3) is 2.97. The van der Waals surface area contributed by atoms with Crippen LogP contribution in [0.1, 0.15) is 48.6 Å². The molecule has 0 saturated carbocycles. The van der Waals surface area contributed by atoms with E-state index in [4.69, 9.17) is 0 Å². The molecule has 1 atom stereocenters. The van der Waals surface area contributed by atoms with Gasteiger partial charge in [0, 0.05) is 10.9 Å². The minimum Gasteiger partial charge on any atom is -0.315 e. The normalized spacial score (nSPS) is 21.8.